The van der Waals surface area contributed by atoms with Crippen molar-refractivity contribution in [1.82, 2.24) is 5.32 Å². The van der Waals surface area contributed by atoms with Gasteiger partial charge >= 0.3 is 0 Å². The Morgan fingerprint density at radius 2 is 2.10 bits per heavy atom. The predicted octanol–water partition coefficient (Wildman–Crippen LogP) is 3.58. The second-order valence-electron chi connectivity index (χ2n) is 6.75. The predicted molar refractivity (Wildman–Crippen MR) is 85.1 cm³/mol. The van der Waals surface area contributed by atoms with Crippen molar-refractivity contribution in [3.8, 4) is 0 Å². The van der Waals surface area contributed by atoms with Crippen molar-refractivity contribution < 1.29 is 4.74 Å². The van der Waals surface area contributed by atoms with Gasteiger partial charge in [0.15, 0.2) is 0 Å². The first-order chi connectivity index (χ1) is 9.53. The van der Waals surface area contributed by atoms with E-state index in [0.717, 1.165) is 32.5 Å². The molecule has 0 aromatic heterocycles. The van der Waals surface area contributed by atoms with E-state index < -0.39 is 0 Å². The van der Waals surface area contributed by atoms with Crippen LogP contribution in [0.4, 0.5) is 0 Å². The van der Waals surface area contributed by atoms with Crippen LogP contribution in [0.2, 0.25) is 0 Å². The van der Waals surface area contributed by atoms with Crippen LogP contribution in [0.25, 0.3) is 0 Å². The first kappa shape index (κ1) is 15.5. The number of nitrogens with one attached hydrogen (secondary N) is 1. The molecule has 1 heterocycles. The van der Waals surface area contributed by atoms with Crippen LogP contribution in [-0.4, -0.2) is 25.8 Å². The number of rotatable bonds is 6. The fourth-order valence-corrected chi connectivity index (χ4v) is 3.14. The highest BCUT2D eigenvalue weighted by Crippen LogP contribution is 2.38. The van der Waals surface area contributed by atoms with Crippen LogP contribution >= 0.6 is 0 Å². The summed E-state index contributed by atoms with van der Waals surface area (Å²) in [6.45, 7) is 12.0. The lowest BCUT2D eigenvalue weighted by atomic mass is 9.75. The minimum atomic E-state index is 0.251. The third-order valence-corrected chi connectivity index (χ3v) is 4.66. The summed E-state index contributed by atoms with van der Waals surface area (Å²) in [4.78, 5) is 0. The zero-order chi connectivity index (χ0) is 14.6. The summed E-state index contributed by atoms with van der Waals surface area (Å²) in [6, 6.07) is 8.75. The molecule has 2 atom stereocenters. The van der Waals surface area contributed by atoms with Crippen molar-refractivity contribution in [2.45, 2.75) is 46.6 Å². The van der Waals surface area contributed by atoms with Crippen LogP contribution in [0.3, 0.4) is 0 Å². The first-order valence-corrected chi connectivity index (χ1v) is 7.90. The summed E-state index contributed by atoms with van der Waals surface area (Å²) in [5, 5.41) is 3.66. The Bertz CT molecular complexity index is 429. The summed E-state index contributed by atoms with van der Waals surface area (Å²) in [5.74, 6) is 0.697. The van der Waals surface area contributed by atoms with E-state index in [9.17, 15) is 0 Å². The van der Waals surface area contributed by atoms with E-state index in [4.69, 9.17) is 4.74 Å². The Morgan fingerprint density at radius 3 is 2.70 bits per heavy atom. The molecular weight excluding hydrogens is 246 g/mol. The van der Waals surface area contributed by atoms with E-state index in [0.29, 0.717) is 12.0 Å². The number of hydrogen-bond acceptors (Lipinski definition) is 2. The molecule has 0 amide bonds. The average Bonchev–Trinajstić information content (AvgIpc) is 2.74. The van der Waals surface area contributed by atoms with Crippen LogP contribution in [-0.2, 0) is 11.2 Å². The Morgan fingerprint density at radius 1 is 1.35 bits per heavy atom. The van der Waals surface area contributed by atoms with Crippen LogP contribution in [0.15, 0.2) is 24.3 Å². The fraction of sp³-hybridized carbons (Fsp3) is 0.667. The maximum Gasteiger partial charge on any atom is 0.0619 e. The van der Waals surface area contributed by atoms with Crippen molar-refractivity contribution in [2.75, 3.05) is 19.7 Å². The highest BCUT2D eigenvalue weighted by molar-refractivity contribution is 5.27. The number of hydrogen-bond donors (Lipinski definition) is 1. The highest BCUT2D eigenvalue weighted by atomic mass is 16.5. The molecule has 2 unspecified atom stereocenters. The van der Waals surface area contributed by atoms with Crippen molar-refractivity contribution in [2.24, 2.45) is 11.3 Å². The first-order valence-electron chi connectivity index (χ1n) is 7.90. The summed E-state index contributed by atoms with van der Waals surface area (Å²) < 4.78 is 5.90. The van der Waals surface area contributed by atoms with Gasteiger partial charge in [0.25, 0.3) is 0 Å². The maximum atomic E-state index is 5.90. The summed E-state index contributed by atoms with van der Waals surface area (Å²) in [5.41, 5.74) is 3.12. The molecule has 20 heavy (non-hydrogen) atoms. The van der Waals surface area contributed by atoms with Gasteiger partial charge in [0.05, 0.1) is 6.10 Å². The molecule has 1 N–H and O–H groups in total. The van der Waals surface area contributed by atoms with Crippen LogP contribution in [0.5, 0.6) is 0 Å². The topological polar surface area (TPSA) is 21.3 Å². The van der Waals surface area contributed by atoms with Crippen molar-refractivity contribution in [3.05, 3.63) is 35.4 Å². The second kappa shape index (κ2) is 6.73. The largest absolute Gasteiger partial charge is 0.378 e. The van der Waals surface area contributed by atoms with Gasteiger partial charge in [0.2, 0.25) is 0 Å². The standard InChI is InChI=1S/C18H29NO/c1-14(2)12-19-13-18(9-10-20-16(18)4)11-17-8-6-5-7-15(17)3/h5-8,14,16,19H,9-13H2,1-4H3. The molecule has 0 spiro atoms. The van der Waals surface area contributed by atoms with E-state index in [1.165, 1.54) is 11.1 Å². The minimum Gasteiger partial charge on any atom is -0.378 e. The van der Waals surface area contributed by atoms with Crippen LogP contribution in [0.1, 0.15) is 38.3 Å². The smallest absolute Gasteiger partial charge is 0.0619 e. The zero-order valence-electron chi connectivity index (χ0n) is 13.4. The molecule has 1 aromatic carbocycles. The number of benzene rings is 1. The third kappa shape index (κ3) is 3.62. The molecule has 1 fully saturated rings. The van der Waals surface area contributed by atoms with Crippen molar-refractivity contribution >= 4 is 0 Å². The number of ether oxygens (including phenoxy) is 1. The Kier molecular flexibility index (Phi) is 5.22. The Hall–Kier alpha value is -0.860. The lowest BCUT2D eigenvalue weighted by Crippen LogP contribution is -2.42. The molecule has 0 radical (unpaired) electrons. The van der Waals surface area contributed by atoms with E-state index >= 15 is 0 Å². The van der Waals surface area contributed by atoms with E-state index in [1.54, 1.807) is 0 Å². The lowest BCUT2D eigenvalue weighted by molar-refractivity contribution is 0.0626. The van der Waals surface area contributed by atoms with E-state index in [2.05, 4.69) is 57.3 Å². The van der Waals surface area contributed by atoms with Crippen molar-refractivity contribution in [1.29, 1.82) is 0 Å². The summed E-state index contributed by atoms with van der Waals surface area (Å²) in [7, 11) is 0. The maximum absolute atomic E-state index is 5.90. The Balaban J connectivity index is 2.09. The lowest BCUT2D eigenvalue weighted by Gasteiger charge is -2.33. The molecular formula is C18H29NO. The molecule has 112 valence electrons. The van der Waals surface area contributed by atoms with Crippen molar-refractivity contribution in [3.63, 3.8) is 0 Å². The highest BCUT2D eigenvalue weighted by Gasteiger charge is 2.41. The van der Waals surface area contributed by atoms with Gasteiger partial charge in [-0.25, -0.2) is 0 Å². The quantitative estimate of drug-likeness (QED) is 0.857. The molecule has 0 aliphatic carbocycles. The van der Waals surface area contributed by atoms with Gasteiger partial charge in [-0.1, -0.05) is 38.1 Å². The monoisotopic (exact) mass is 275 g/mol. The van der Waals surface area contributed by atoms with Crippen LogP contribution in [0, 0.1) is 18.3 Å². The van der Waals surface area contributed by atoms with Gasteiger partial charge < -0.3 is 10.1 Å². The molecule has 1 saturated heterocycles. The molecule has 1 aliphatic rings. The molecule has 1 aliphatic heterocycles. The normalized spacial score (nSPS) is 26.4. The van der Waals surface area contributed by atoms with Crippen LogP contribution < -0.4 is 5.32 Å². The summed E-state index contributed by atoms with van der Waals surface area (Å²) in [6.07, 6.45) is 2.61. The second-order valence-corrected chi connectivity index (χ2v) is 6.75. The molecule has 2 heteroatoms. The van der Waals surface area contributed by atoms with Gasteiger partial charge in [-0.2, -0.15) is 0 Å². The fourth-order valence-electron chi connectivity index (χ4n) is 3.14. The van der Waals surface area contributed by atoms with E-state index in [-0.39, 0.29) is 5.41 Å². The molecule has 2 nitrogen and oxygen atoms in total. The van der Waals surface area contributed by atoms with Gasteiger partial charge in [-0.05, 0) is 50.3 Å². The minimum absolute atomic E-state index is 0.251. The molecule has 0 bridgehead atoms. The molecule has 1 aromatic rings. The van der Waals surface area contributed by atoms with Gasteiger partial charge in [0, 0.05) is 18.6 Å². The third-order valence-electron chi connectivity index (χ3n) is 4.66. The molecule has 2 rings (SSSR count). The average molecular weight is 275 g/mol. The zero-order valence-corrected chi connectivity index (χ0v) is 13.4. The summed E-state index contributed by atoms with van der Waals surface area (Å²) >= 11 is 0. The van der Waals surface area contributed by atoms with Gasteiger partial charge in [-0.3, -0.25) is 0 Å². The Labute approximate surface area is 123 Å². The SMILES string of the molecule is Cc1ccccc1CC1(CNCC(C)C)CCOC1C. The number of aryl methyl sites for hydroxylation is 1. The van der Waals surface area contributed by atoms with Gasteiger partial charge in [0.1, 0.15) is 0 Å². The van der Waals surface area contributed by atoms with Gasteiger partial charge in [-0.15, -0.1) is 0 Å². The van der Waals surface area contributed by atoms with E-state index in [1.807, 2.05) is 0 Å². The molecule has 0 saturated carbocycles.